The standard InChI is InChI=1S/C21H24O5/c1-21(2,3)15-8-6-14(7-9-15)18(22)13-26-20(23)17-12-16(24-4)10-11-19(17)25-5/h6-12H,13H2,1-5H3. The summed E-state index contributed by atoms with van der Waals surface area (Å²) in [7, 11) is 2.96. The van der Waals surface area contributed by atoms with Crippen LogP contribution in [0.2, 0.25) is 0 Å². The molecule has 0 N–H and O–H groups in total. The van der Waals surface area contributed by atoms with Crippen LogP contribution in [-0.2, 0) is 10.2 Å². The summed E-state index contributed by atoms with van der Waals surface area (Å²) in [6, 6.07) is 12.1. The Labute approximate surface area is 153 Å². The van der Waals surface area contributed by atoms with E-state index in [1.54, 1.807) is 24.3 Å². The minimum atomic E-state index is -0.639. The van der Waals surface area contributed by atoms with Gasteiger partial charge in [-0.3, -0.25) is 4.79 Å². The van der Waals surface area contributed by atoms with Crippen LogP contribution in [0.25, 0.3) is 0 Å². The molecular formula is C21H24O5. The molecule has 2 aromatic carbocycles. The Hall–Kier alpha value is -2.82. The van der Waals surface area contributed by atoms with Crippen molar-refractivity contribution in [1.29, 1.82) is 0 Å². The highest BCUT2D eigenvalue weighted by molar-refractivity contribution is 6.00. The van der Waals surface area contributed by atoms with Gasteiger partial charge in [-0.25, -0.2) is 4.79 Å². The lowest BCUT2D eigenvalue weighted by molar-refractivity contribution is 0.0471. The average molecular weight is 356 g/mol. The first-order chi connectivity index (χ1) is 12.3. The third kappa shape index (κ3) is 4.63. The summed E-state index contributed by atoms with van der Waals surface area (Å²) >= 11 is 0. The zero-order valence-corrected chi connectivity index (χ0v) is 15.8. The molecule has 2 rings (SSSR count). The molecule has 138 valence electrons. The molecule has 0 radical (unpaired) electrons. The SMILES string of the molecule is COc1ccc(OC)c(C(=O)OCC(=O)c2ccc(C(C)(C)C)cc2)c1. The van der Waals surface area contributed by atoms with Crippen LogP contribution in [0.4, 0.5) is 0 Å². The molecule has 0 atom stereocenters. The minimum Gasteiger partial charge on any atom is -0.497 e. The second kappa shape index (κ2) is 8.04. The minimum absolute atomic E-state index is 0.0109. The molecule has 0 heterocycles. The van der Waals surface area contributed by atoms with E-state index in [-0.39, 0.29) is 23.4 Å². The number of carbonyl (C=O) groups excluding carboxylic acids is 2. The fourth-order valence-electron chi connectivity index (χ4n) is 2.42. The van der Waals surface area contributed by atoms with Gasteiger partial charge in [-0.1, -0.05) is 45.0 Å². The number of hydrogen-bond acceptors (Lipinski definition) is 5. The van der Waals surface area contributed by atoms with Crippen molar-refractivity contribution in [3.63, 3.8) is 0 Å². The first-order valence-electron chi connectivity index (χ1n) is 8.29. The van der Waals surface area contributed by atoms with Crippen molar-refractivity contribution < 1.29 is 23.8 Å². The lowest BCUT2D eigenvalue weighted by Gasteiger charge is -2.19. The van der Waals surface area contributed by atoms with E-state index in [1.807, 2.05) is 12.1 Å². The predicted octanol–water partition coefficient (Wildman–Crippen LogP) is 4.04. The fourth-order valence-corrected chi connectivity index (χ4v) is 2.42. The Morgan fingerprint density at radius 1 is 0.923 bits per heavy atom. The molecule has 0 saturated carbocycles. The molecule has 26 heavy (non-hydrogen) atoms. The lowest BCUT2D eigenvalue weighted by Crippen LogP contribution is -2.16. The number of ketones is 1. The molecule has 2 aromatic rings. The number of esters is 1. The molecule has 0 amide bonds. The second-order valence-electron chi connectivity index (χ2n) is 6.89. The monoisotopic (exact) mass is 356 g/mol. The van der Waals surface area contributed by atoms with Crippen molar-refractivity contribution in [3.8, 4) is 11.5 Å². The summed E-state index contributed by atoms with van der Waals surface area (Å²) in [5, 5.41) is 0. The van der Waals surface area contributed by atoms with Gasteiger partial charge in [0.2, 0.25) is 0 Å². The first kappa shape index (κ1) is 19.5. The van der Waals surface area contributed by atoms with Gasteiger partial charge in [0.25, 0.3) is 0 Å². The normalized spacial score (nSPS) is 11.0. The molecule has 0 saturated heterocycles. The van der Waals surface area contributed by atoms with Crippen molar-refractivity contribution in [2.45, 2.75) is 26.2 Å². The maximum absolute atomic E-state index is 12.3. The predicted molar refractivity (Wildman–Crippen MR) is 99.3 cm³/mol. The molecule has 0 aliphatic carbocycles. The van der Waals surface area contributed by atoms with E-state index in [0.717, 1.165) is 5.56 Å². The van der Waals surface area contributed by atoms with Crippen molar-refractivity contribution in [2.24, 2.45) is 0 Å². The summed E-state index contributed by atoms with van der Waals surface area (Å²) < 4.78 is 15.4. The molecule has 0 aliphatic heterocycles. The molecule has 0 spiro atoms. The molecule has 0 fully saturated rings. The van der Waals surface area contributed by atoms with E-state index in [4.69, 9.17) is 14.2 Å². The average Bonchev–Trinajstić information content (AvgIpc) is 2.64. The summed E-state index contributed by atoms with van der Waals surface area (Å²) in [4.78, 5) is 24.6. The highest BCUT2D eigenvalue weighted by Crippen LogP contribution is 2.25. The van der Waals surface area contributed by atoms with E-state index in [0.29, 0.717) is 17.1 Å². The smallest absolute Gasteiger partial charge is 0.342 e. The van der Waals surface area contributed by atoms with Crippen LogP contribution in [0.15, 0.2) is 42.5 Å². The van der Waals surface area contributed by atoms with Crippen LogP contribution in [0, 0.1) is 0 Å². The molecular weight excluding hydrogens is 332 g/mol. The van der Waals surface area contributed by atoms with Gasteiger partial charge in [0.15, 0.2) is 12.4 Å². The second-order valence-corrected chi connectivity index (χ2v) is 6.89. The number of carbonyl (C=O) groups is 2. The molecule has 0 aromatic heterocycles. The van der Waals surface area contributed by atoms with Gasteiger partial charge < -0.3 is 14.2 Å². The number of benzene rings is 2. The van der Waals surface area contributed by atoms with E-state index in [1.165, 1.54) is 20.3 Å². The molecule has 5 nitrogen and oxygen atoms in total. The van der Waals surface area contributed by atoms with Crippen LogP contribution in [0.3, 0.4) is 0 Å². The number of ether oxygens (including phenoxy) is 3. The highest BCUT2D eigenvalue weighted by atomic mass is 16.5. The highest BCUT2D eigenvalue weighted by Gasteiger charge is 2.18. The van der Waals surface area contributed by atoms with E-state index < -0.39 is 5.97 Å². The number of methoxy groups -OCH3 is 2. The summed E-state index contributed by atoms with van der Waals surface area (Å²) in [6.07, 6.45) is 0. The van der Waals surface area contributed by atoms with Crippen molar-refractivity contribution >= 4 is 11.8 Å². The first-order valence-corrected chi connectivity index (χ1v) is 8.29. The van der Waals surface area contributed by atoms with E-state index in [9.17, 15) is 9.59 Å². The zero-order chi connectivity index (χ0) is 19.3. The quantitative estimate of drug-likeness (QED) is 0.577. The Bertz CT molecular complexity index is 785. The van der Waals surface area contributed by atoms with Crippen molar-refractivity contribution in [1.82, 2.24) is 0 Å². The van der Waals surface area contributed by atoms with Crippen LogP contribution >= 0.6 is 0 Å². The van der Waals surface area contributed by atoms with Crippen molar-refractivity contribution in [2.75, 3.05) is 20.8 Å². The van der Waals surface area contributed by atoms with Gasteiger partial charge in [0.1, 0.15) is 17.1 Å². The molecule has 0 aliphatic rings. The molecule has 0 unspecified atom stereocenters. The summed E-state index contributed by atoms with van der Waals surface area (Å²) in [6.45, 7) is 5.97. The van der Waals surface area contributed by atoms with Crippen molar-refractivity contribution in [3.05, 3.63) is 59.2 Å². The Morgan fingerprint density at radius 2 is 1.58 bits per heavy atom. The topological polar surface area (TPSA) is 61.8 Å². The van der Waals surface area contributed by atoms with Gasteiger partial charge in [-0.05, 0) is 29.2 Å². The van der Waals surface area contributed by atoms with Crippen LogP contribution in [-0.4, -0.2) is 32.6 Å². The largest absolute Gasteiger partial charge is 0.497 e. The number of rotatable bonds is 6. The van der Waals surface area contributed by atoms with Gasteiger partial charge in [0, 0.05) is 5.56 Å². The Kier molecular flexibility index (Phi) is 6.03. The third-order valence-electron chi connectivity index (χ3n) is 4.03. The van der Waals surface area contributed by atoms with Crippen LogP contribution in [0.5, 0.6) is 11.5 Å². The third-order valence-corrected chi connectivity index (χ3v) is 4.03. The fraction of sp³-hybridized carbons (Fsp3) is 0.333. The maximum atomic E-state index is 12.3. The van der Waals surface area contributed by atoms with Gasteiger partial charge in [0.05, 0.1) is 14.2 Å². The number of hydrogen-bond donors (Lipinski definition) is 0. The zero-order valence-electron chi connectivity index (χ0n) is 15.8. The van der Waals surface area contributed by atoms with Crippen LogP contribution in [0.1, 0.15) is 47.1 Å². The van der Waals surface area contributed by atoms with E-state index >= 15 is 0 Å². The summed E-state index contributed by atoms with van der Waals surface area (Å²) in [5.74, 6) is -0.0410. The van der Waals surface area contributed by atoms with Gasteiger partial charge in [-0.2, -0.15) is 0 Å². The molecule has 0 bridgehead atoms. The van der Waals surface area contributed by atoms with Gasteiger partial charge >= 0.3 is 5.97 Å². The van der Waals surface area contributed by atoms with E-state index in [2.05, 4.69) is 20.8 Å². The molecule has 5 heteroatoms. The summed E-state index contributed by atoms with van der Waals surface area (Å²) in [5.41, 5.74) is 1.86. The van der Waals surface area contributed by atoms with Gasteiger partial charge in [-0.15, -0.1) is 0 Å². The lowest BCUT2D eigenvalue weighted by atomic mass is 9.86. The Balaban J connectivity index is 2.06. The van der Waals surface area contributed by atoms with Crippen LogP contribution < -0.4 is 9.47 Å². The number of Topliss-reactive ketones (excluding diaryl/α,β-unsaturated/α-hetero) is 1. The Morgan fingerprint density at radius 3 is 2.12 bits per heavy atom. The maximum Gasteiger partial charge on any atom is 0.342 e.